The fraction of sp³-hybridized carbons (Fsp3) is 0.321. The number of rotatable bonds is 8. The molecule has 1 heterocycles. The maximum Gasteiger partial charge on any atom is 0.416 e. The van der Waals surface area contributed by atoms with Gasteiger partial charge >= 0.3 is 6.18 Å². The highest BCUT2D eigenvalue weighted by molar-refractivity contribution is 5.83. The van der Waals surface area contributed by atoms with E-state index in [2.05, 4.69) is 16.7 Å². The van der Waals surface area contributed by atoms with E-state index in [0.717, 1.165) is 53.0 Å². The molecule has 1 aliphatic rings. The quantitative estimate of drug-likeness (QED) is 0.428. The van der Waals surface area contributed by atoms with Crippen LogP contribution in [0.3, 0.4) is 0 Å². The summed E-state index contributed by atoms with van der Waals surface area (Å²) in [5, 5.41) is 6.25. The van der Waals surface area contributed by atoms with Crippen LogP contribution in [0.1, 0.15) is 52.7 Å². The highest BCUT2D eigenvalue weighted by atomic mass is 19.4. The summed E-state index contributed by atoms with van der Waals surface area (Å²) < 4.78 is 44.6. The van der Waals surface area contributed by atoms with Gasteiger partial charge in [-0.25, -0.2) is 0 Å². The molecule has 4 nitrogen and oxygen atoms in total. The molecule has 0 fully saturated rings. The van der Waals surface area contributed by atoms with Gasteiger partial charge in [-0.2, -0.15) is 13.2 Å². The second-order valence-corrected chi connectivity index (χ2v) is 8.73. The van der Waals surface area contributed by atoms with Crippen molar-refractivity contribution in [2.24, 2.45) is 0 Å². The summed E-state index contributed by atoms with van der Waals surface area (Å²) in [6, 6.07) is 20.1. The molecule has 1 aliphatic heterocycles. The highest BCUT2D eigenvalue weighted by Crippen LogP contribution is 2.32. The second-order valence-electron chi connectivity index (χ2n) is 8.73. The Morgan fingerprint density at radius 2 is 1.74 bits per heavy atom. The Morgan fingerprint density at radius 1 is 1.00 bits per heavy atom. The first kappa shape index (κ1) is 24.8. The van der Waals surface area contributed by atoms with Gasteiger partial charge < -0.3 is 10.1 Å². The van der Waals surface area contributed by atoms with Crippen molar-refractivity contribution in [1.82, 2.24) is 10.6 Å². The van der Waals surface area contributed by atoms with Crippen molar-refractivity contribution in [2.75, 3.05) is 13.7 Å². The maximum absolute atomic E-state index is 12.9. The number of carbonyl (C=O) groups is 1. The van der Waals surface area contributed by atoms with Crippen LogP contribution in [0, 0.1) is 0 Å². The molecular formula is C28H29F3N2O2. The van der Waals surface area contributed by atoms with Gasteiger partial charge in [-0.15, -0.1) is 0 Å². The monoisotopic (exact) mass is 482 g/mol. The van der Waals surface area contributed by atoms with E-state index in [1.807, 2.05) is 42.5 Å². The van der Waals surface area contributed by atoms with Crippen LogP contribution < -0.4 is 15.4 Å². The molecule has 0 bridgehead atoms. The molecule has 184 valence electrons. The Bertz CT molecular complexity index is 1130. The van der Waals surface area contributed by atoms with Gasteiger partial charge in [0.25, 0.3) is 0 Å². The summed E-state index contributed by atoms with van der Waals surface area (Å²) in [4.78, 5) is 12.8. The standard InChI is InChI=1S/C28H29F3N2O2/c1-32-27(34)26(20-6-3-2-4-7-20)33-24(21-12-16-25-22(18-21)8-5-17-35-25)15-11-19-9-13-23(14-10-19)28(29,30)31/h2-4,6-7,9-10,12-14,16,18,24,26,33H,5,8,11,15,17H2,1H3,(H,32,34)/t24-,26+/m0/s1. The highest BCUT2D eigenvalue weighted by Gasteiger charge is 2.30. The number of ether oxygens (including phenoxy) is 1. The molecule has 0 aromatic heterocycles. The molecule has 1 amide bonds. The number of fused-ring (bicyclic) bond motifs is 1. The average molecular weight is 483 g/mol. The van der Waals surface area contributed by atoms with Gasteiger partial charge in [0.1, 0.15) is 11.8 Å². The third kappa shape index (κ3) is 6.22. The molecular weight excluding hydrogens is 453 g/mol. The molecule has 0 radical (unpaired) electrons. The first-order valence-corrected chi connectivity index (χ1v) is 11.8. The first-order chi connectivity index (χ1) is 16.8. The molecule has 3 aromatic rings. The fourth-order valence-corrected chi connectivity index (χ4v) is 4.43. The first-order valence-electron chi connectivity index (χ1n) is 11.8. The predicted molar refractivity (Wildman–Crippen MR) is 129 cm³/mol. The molecule has 35 heavy (non-hydrogen) atoms. The molecule has 2 atom stereocenters. The fourth-order valence-electron chi connectivity index (χ4n) is 4.43. The number of carbonyl (C=O) groups excluding carboxylic acids is 1. The zero-order valence-electron chi connectivity index (χ0n) is 19.6. The van der Waals surface area contributed by atoms with Crippen LogP contribution in [0.5, 0.6) is 5.75 Å². The van der Waals surface area contributed by atoms with Gasteiger partial charge in [0.2, 0.25) is 5.91 Å². The lowest BCUT2D eigenvalue weighted by atomic mass is 9.93. The van der Waals surface area contributed by atoms with Crippen molar-refractivity contribution in [3.63, 3.8) is 0 Å². The number of hydrogen-bond donors (Lipinski definition) is 2. The summed E-state index contributed by atoms with van der Waals surface area (Å²) in [6.45, 7) is 0.703. The predicted octanol–water partition coefficient (Wildman–Crippen LogP) is 5.78. The molecule has 2 N–H and O–H groups in total. The number of aryl methyl sites for hydroxylation is 2. The minimum Gasteiger partial charge on any atom is -0.493 e. The summed E-state index contributed by atoms with van der Waals surface area (Å²) in [5.41, 5.74) is 3.14. The molecule has 0 saturated carbocycles. The molecule has 0 spiro atoms. The lowest BCUT2D eigenvalue weighted by Crippen LogP contribution is -2.38. The molecule has 7 heteroatoms. The lowest BCUT2D eigenvalue weighted by Gasteiger charge is -2.27. The van der Waals surface area contributed by atoms with Crippen molar-refractivity contribution >= 4 is 5.91 Å². The average Bonchev–Trinajstić information content (AvgIpc) is 2.88. The van der Waals surface area contributed by atoms with Crippen LogP contribution in [0.15, 0.2) is 72.8 Å². The molecule has 0 unspecified atom stereocenters. The number of hydrogen-bond acceptors (Lipinski definition) is 3. The Morgan fingerprint density at radius 3 is 2.43 bits per heavy atom. The van der Waals surface area contributed by atoms with Crippen LogP contribution >= 0.6 is 0 Å². The molecule has 0 aliphatic carbocycles. The normalized spacial score (nSPS) is 15.0. The van der Waals surface area contributed by atoms with Crippen LogP contribution in [-0.4, -0.2) is 19.6 Å². The number of benzene rings is 3. The summed E-state index contributed by atoms with van der Waals surface area (Å²) >= 11 is 0. The van der Waals surface area contributed by atoms with Crippen molar-refractivity contribution in [1.29, 1.82) is 0 Å². The number of halogens is 3. The van der Waals surface area contributed by atoms with Crippen molar-refractivity contribution < 1.29 is 22.7 Å². The Hall–Kier alpha value is -3.32. The number of nitrogens with one attached hydrogen (secondary N) is 2. The van der Waals surface area contributed by atoms with E-state index in [0.29, 0.717) is 19.4 Å². The van der Waals surface area contributed by atoms with Crippen molar-refractivity contribution in [3.8, 4) is 5.75 Å². The SMILES string of the molecule is CNC(=O)[C@H](N[C@@H](CCc1ccc(C(F)(F)F)cc1)c1ccc2c(c1)CCCO2)c1ccccc1. The number of amides is 1. The summed E-state index contributed by atoms with van der Waals surface area (Å²) in [5.74, 6) is 0.726. The van der Waals surface area contributed by atoms with E-state index in [4.69, 9.17) is 4.74 Å². The van der Waals surface area contributed by atoms with E-state index >= 15 is 0 Å². The van der Waals surface area contributed by atoms with E-state index in [1.165, 1.54) is 12.1 Å². The smallest absolute Gasteiger partial charge is 0.416 e. The largest absolute Gasteiger partial charge is 0.493 e. The van der Waals surface area contributed by atoms with Crippen LogP contribution in [0.25, 0.3) is 0 Å². The summed E-state index contributed by atoms with van der Waals surface area (Å²) in [7, 11) is 1.60. The van der Waals surface area contributed by atoms with E-state index in [-0.39, 0.29) is 11.9 Å². The number of alkyl halides is 3. The third-order valence-electron chi connectivity index (χ3n) is 6.35. The lowest BCUT2D eigenvalue weighted by molar-refractivity contribution is -0.137. The minimum atomic E-state index is -4.36. The van der Waals surface area contributed by atoms with Crippen LogP contribution in [0.2, 0.25) is 0 Å². The van der Waals surface area contributed by atoms with Gasteiger partial charge in [-0.05, 0) is 66.1 Å². The molecule has 0 saturated heterocycles. The van der Waals surface area contributed by atoms with Crippen molar-refractivity contribution in [2.45, 2.75) is 43.9 Å². The van der Waals surface area contributed by atoms with Crippen LogP contribution in [-0.2, 0) is 23.8 Å². The van der Waals surface area contributed by atoms with Gasteiger partial charge in [0, 0.05) is 13.1 Å². The second kappa shape index (κ2) is 11.0. The maximum atomic E-state index is 12.9. The minimum absolute atomic E-state index is 0.156. The molecule has 4 rings (SSSR count). The Balaban J connectivity index is 1.60. The zero-order chi connectivity index (χ0) is 24.8. The van der Waals surface area contributed by atoms with E-state index < -0.39 is 17.8 Å². The number of likely N-dealkylation sites (N-methyl/N-ethyl adjacent to an activating group) is 1. The third-order valence-corrected chi connectivity index (χ3v) is 6.35. The van der Waals surface area contributed by atoms with Crippen molar-refractivity contribution in [3.05, 3.63) is 101 Å². The van der Waals surface area contributed by atoms with E-state index in [1.54, 1.807) is 7.05 Å². The van der Waals surface area contributed by atoms with E-state index in [9.17, 15) is 18.0 Å². The van der Waals surface area contributed by atoms with Gasteiger partial charge in [0.15, 0.2) is 0 Å². The Labute approximate surface area is 203 Å². The van der Waals surface area contributed by atoms with Gasteiger partial charge in [-0.1, -0.05) is 54.6 Å². The summed E-state index contributed by atoms with van der Waals surface area (Å²) in [6.07, 6.45) is -1.33. The topological polar surface area (TPSA) is 50.4 Å². The van der Waals surface area contributed by atoms with Gasteiger partial charge in [0.05, 0.1) is 12.2 Å². The van der Waals surface area contributed by atoms with Gasteiger partial charge in [-0.3, -0.25) is 10.1 Å². The Kier molecular flexibility index (Phi) is 7.76. The zero-order valence-corrected chi connectivity index (χ0v) is 19.6. The van der Waals surface area contributed by atoms with Crippen LogP contribution in [0.4, 0.5) is 13.2 Å². The molecule has 3 aromatic carbocycles.